The first kappa shape index (κ1) is 14.2. The van der Waals surface area contributed by atoms with Crippen molar-refractivity contribution < 1.29 is 0 Å². The number of hydrogen-bond donors (Lipinski definition) is 0. The molecule has 1 rings (SSSR count). The molecule has 16 heavy (non-hydrogen) atoms. The Balaban J connectivity index is 2.65. The molecule has 0 unspecified atom stereocenters. The van der Waals surface area contributed by atoms with E-state index in [4.69, 9.17) is 0 Å². The predicted molar refractivity (Wildman–Crippen MR) is 81.1 cm³/mol. The average molecular weight is 302 g/mol. The SMILES string of the molecule is CC(C)[P+](Br)(CCc1ccccc1)C(C)C. The summed E-state index contributed by atoms with van der Waals surface area (Å²) < 4.78 is 0. The molecule has 1 aromatic carbocycles. The summed E-state index contributed by atoms with van der Waals surface area (Å²) in [6.07, 6.45) is 2.52. The fraction of sp³-hybridized carbons (Fsp3) is 0.571. The first-order chi connectivity index (χ1) is 7.47. The second-order valence-corrected chi connectivity index (χ2v) is 13.1. The van der Waals surface area contributed by atoms with Gasteiger partial charge in [0, 0.05) is 6.42 Å². The van der Waals surface area contributed by atoms with Gasteiger partial charge in [0.05, 0.1) is 23.4 Å². The highest BCUT2D eigenvalue weighted by molar-refractivity contribution is 9.42. The van der Waals surface area contributed by atoms with Crippen molar-refractivity contribution in [1.82, 2.24) is 0 Å². The largest absolute Gasteiger partial charge is 0.139 e. The van der Waals surface area contributed by atoms with Crippen LogP contribution in [-0.2, 0) is 6.42 Å². The van der Waals surface area contributed by atoms with Crippen molar-refractivity contribution in [3.63, 3.8) is 0 Å². The van der Waals surface area contributed by atoms with Crippen molar-refractivity contribution >= 4 is 21.5 Å². The molecule has 0 aliphatic carbocycles. The van der Waals surface area contributed by atoms with E-state index in [0.717, 1.165) is 11.3 Å². The maximum absolute atomic E-state index is 4.08. The minimum absolute atomic E-state index is 0.774. The molecule has 90 valence electrons. The lowest BCUT2D eigenvalue weighted by atomic mass is 10.2. The summed E-state index contributed by atoms with van der Waals surface area (Å²) in [4.78, 5) is 0. The molecule has 1 aromatic rings. The van der Waals surface area contributed by atoms with Crippen LogP contribution in [0.5, 0.6) is 0 Å². The quantitative estimate of drug-likeness (QED) is 0.641. The van der Waals surface area contributed by atoms with Crippen molar-refractivity contribution in [3.8, 4) is 0 Å². The van der Waals surface area contributed by atoms with Gasteiger partial charge in [-0.25, -0.2) is 0 Å². The average Bonchev–Trinajstić information content (AvgIpc) is 2.26. The van der Waals surface area contributed by atoms with Crippen molar-refractivity contribution in [1.29, 1.82) is 0 Å². The van der Waals surface area contributed by atoms with Crippen LogP contribution >= 0.6 is 21.5 Å². The zero-order valence-electron chi connectivity index (χ0n) is 10.8. The van der Waals surface area contributed by atoms with Gasteiger partial charge in [0.2, 0.25) is 0 Å². The lowest BCUT2D eigenvalue weighted by molar-refractivity contribution is 0.977. The van der Waals surface area contributed by atoms with Crippen molar-refractivity contribution in [3.05, 3.63) is 35.9 Å². The summed E-state index contributed by atoms with van der Waals surface area (Å²) in [5.41, 5.74) is 3.01. The zero-order chi connectivity index (χ0) is 12.2. The third-order valence-electron chi connectivity index (χ3n) is 3.30. The zero-order valence-corrected chi connectivity index (χ0v) is 13.3. The lowest BCUT2D eigenvalue weighted by Crippen LogP contribution is -2.14. The predicted octanol–water partition coefficient (Wildman–Crippen LogP) is 5.37. The molecule has 0 saturated carbocycles. The molecular formula is C14H23BrP+. The van der Waals surface area contributed by atoms with Gasteiger partial charge in [0.15, 0.2) is 0 Å². The van der Waals surface area contributed by atoms with Crippen LogP contribution in [0.15, 0.2) is 30.3 Å². The number of benzene rings is 1. The van der Waals surface area contributed by atoms with Gasteiger partial charge in [0.25, 0.3) is 0 Å². The van der Waals surface area contributed by atoms with Gasteiger partial charge in [-0.2, -0.15) is 0 Å². The molecule has 0 heterocycles. The Labute approximate surface area is 109 Å². The summed E-state index contributed by atoms with van der Waals surface area (Å²) in [5.74, 6) is -0.966. The number of hydrogen-bond acceptors (Lipinski definition) is 0. The van der Waals surface area contributed by atoms with Gasteiger partial charge in [-0.1, -0.05) is 30.3 Å². The molecule has 0 amide bonds. The Bertz CT molecular complexity index is 298. The molecular weight excluding hydrogens is 279 g/mol. The second kappa shape index (κ2) is 6.17. The maximum atomic E-state index is 4.08. The Morgan fingerprint density at radius 2 is 1.50 bits per heavy atom. The number of halogens is 1. The van der Waals surface area contributed by atoms with Crippen LogP contribution in [0.2, 0.25) is 0 Å². The lowest BCUT2D eigenvalue weighted by Gasteiger charge is -2.27. The molecule has 0 N–H and O–H groups in total. The van der Waals surface area contributed by atoms with E-state index in [1.54, 1.807) is 0 Å². The van der Waals surface area contributed by atoms with Crippen LogP contribution in [-0.4, -0.2) is 17.5 Å². The molecule has 0 saturated heterocycles. The van der Waals surface area contributed by atoms with Gasteiger partial charge in [-0.3, -0.25) is 0 Å². The molecule has 0 aliphatic rings. The molecule has 0 radical (unpaired) electrons. The Hall–Kier alpha value is 0.130. The van der Waals surface area contributed by atoms with E-state index in [9.17, 15) is 0 Å². The van der Waals surface area contributed by atoms with Gasteiger partial charge in [0.1, 0.15) is 15.5 Å². The van der Waals surface area contributed by atoms with Gasteiger partial charge in [-0.05, 0) is 33.3 Å². The van der Waals surface area contributed by atoms with Gasteiger partial charge < -0.3 is 0 Å². The number of aryl methyl sites for hydroxylation is 1. The van der Waals surface area contributed by atoms with Crippen LogP contribution in [0.4, 0.5) is 0 Å². The van der Waals surface area contributed by atoms with Crippen LogP contribution in [0.1, 0.15) is 33.3 Å². The van der Waals surface area contributed by atoms with E-state index in [1.165, 1.54) is 18.1 Å². The van der Waals surface area contributed by atoms with Crippen LogP contribution in [0.3, 0.4) is 0 Å². The van der Waals surface area contributed by atoms with E-state index in [0.29, 0.717) is 0 Å². The smallest absolute Gasteiger partial charge is 0.0622 e. The molecule has 0 bridgehead atoms. The van der Waals surface area contributed by atoms with E-state index >= 15 is 0 Å². The highest BCUT2D eigenvalue weighted by Gasteiger charge is 2.41. The second-order valence-electron chi connectivity index (χ2n) is 4.98. The Morgan fingerprint density at radius 1 is 1.00 bits per heavy atom. The van der Waals surface area contributed by atoms with Crippen molar-refractivity contribution in [2.45, 2.75) is 45.4 Å². The topological polar surface area (TPSA) is 0 Å². The van der Waals surface area contributed by atoms with E-state index in [-0.39, 0.29) is 0 Å². The first-order valence-corrected chi connectivity index (χ1v) is 10.2. The molecule has 0 nitrogen and oxygen atoms in total. The minimum Gasteiger partial charge on any atom is -0.0622 e. The molecule has 0 spiro atoms. The number of rotatable bonds is 5. The summed E-state index contributed by atoms with van der Waals surface area (Å²) >= 11 is 4.08. The van der Waals surface area contributed by atoms with Gasteiger partial charge in [-0.15, -0.1) is 0 Å². The fourth-order valence-electron chi connectivity index (χ4n) is 2.06. The summed E-state index contributed by atoms with van der Waals surface area (Å²) in [6.45, 7) is 9.42. The molecule has 0 atom stereocenters. The van der Waals surface area contributed by atoms with Crippen LogP contribution in [0, 0.1) is 0 Å². The minimum atomic E-state index is -0.966. The highest BCUT2D eigenvalue weighted by atomic mass is 79.9. The van der Waals surface area contributed by atoms with Gasteiger partial charge >= 0.3 is 0 Å². The van der Waals surface area contributed by atoms with E-state index in [2.05, 4.69) is 73.5 Å². The Kier molecular flexibility index (Phi) is 5.47. The Morgan fingerprint density at radius 3 is 1.94 bits per heavy atom. The normalized spacial score (nSPS) is 12.4. The monoisotopic (exact) mass is 301 g/mol. The summed E-state index contributed by atoms with van der Waals surface area (Å²) in [6, 6.07) is 10.8. The molecule has 0 aliphatic heterocycles. The first-order valence-electron chi connectivity index (χ1n) is 6.08. The third-order valence-corrected chi connectivity index (χ3v) is 13.6. The van der Waals surface area contributed by atoms with Crippen molar-refractivity contribution in [2.24, 2.45) is 0 Å². The van der Waals surface area contributed by atoms with E-state index in [1.807, 2.05) is 0 Å². The third kappa shape index (κ3) is 3.57. The summed E-state index contributed by atoms with van der Waals surface area (Å²) in [7, 11) is 0. The standard InChI is InChI=1S/C14H23BrP/c1-12(2)16(15,13(3)4)11-10-14-8-6-5-7-9-14/h5-9,12-13H,10-11H2,1-4H3/q+1. The molecule has 0 fully saturated rings. The fourth-order valence-corrected chi connectivity index (χ4v) is 5.42. The van der Waals surface area contributed by atoms with Crippen LogP contribution < -0.4 is 0 Å². The van der Waals surface area contributed by atoms with E-state index < -0.39 is 5.96 Å². The molecule has 0 aromatic heterocycles. The van der Waals surface area contributed by atoms with Crippen molar-refractivity contribution in [2.75, 3.05) is 6.16 Å². The maximum Gasteiger partial charge on any atom is 0.139 e. The van der Waals surface area contributed by atoms with Crippen LogP contribution in [0.25, 0.3) is 0 Å². The molecule has 2 heteroatoms. The highest BCUT2D eigenvalue weighted by Crippen LogP contribution is 2.73. The summed E-state index contributed by atoms with van der Waals surface area (Å²) in [5, 5.41) is 0.